The van der Waals surface area contributed by atoms with E-state index in [1.807, 2.05) is 7.11 Å². The Morgan fingerprint density at radius 2 is 2.21 bits per heavy atom. The van der Waals surface area contributed by atoms with Crippen molar-refractivity contribution < 1.29 is 4.74 Å². The van der Waals surface area contributed by atoms with Crippen LogP contribution in [0.5, 0.6) is 0 Å². The lowest BCUT2D eigenvalue weighted by Crippen LogP contribution is -2.56. The normalized spacial score (nSPS) is 40.3. The molecule has 2 unspecified atom stereocenters. The van der Waals surface area contributed by atoms with Crippen molar-refractivity contribution >= 4 is 0 Å². The molecule has 14 heavy (non-hydrogen) atoms. The molecule has 3 nitrogen and oxygen atoms in total. The van der Waals surface area contributed by atoms with Gasteiger partial charge in [0.2, 0.25) is 0 Å². The molecule has 2 fully saturated rings. The molecule has 2 rings (SSSR count). The van der Waals surface area contributed by atoms with E-state index in [1.54, 1.807) is 0 Å². The van der Waals surface area contributed by atoms with Crippen molar-refractivity contribution in [1.82, 2.24) is 10.2 Å². The Bertz CT molecular complexity index is 186. The van der Waals surface area contributed by atoms with Crippen molar-refractivity contribution in [2.24, 2.45) is 0 Å². The third-order valence-electron chi connectivity index (χ3n) is 3.70. The minimum absolute atomic E-state index is 0.482. The first-order chi connectivity index (χ1) is 6.83. The number of piperazine rings is 1. The van der Waals surface area contributed by atoms with Crippen LogP contribution in [0.25, 0.3) is 0 Å². The standard InChI is InChI=1S/C11H22N2O/c1-9-8-12-6-7-13(9)10-4-3-5-11(10)14-2/h9-12H,3-8H2,1-2H3/t9-,10?,11?/m0/s1. The SMILES string of the molecule is COC1CCCC1N1CCNC[C@@H]1C. The van der Waals surface area contributed by atoms with Crippen LogP contribution in [-0.4, -0.2) is 49.8 Å². The minimum Gasteiger partial charge on any atom is -0.380 e. The molecular weight excluding hydrogens is 176 g/mol. The van der Waals surface area contributed by atoms with Gasteiger partial charge in [-0.1, -0.05) is 0 Å². The van der Waals surface area contributed by atoms with Gasteiger partial charge in [-0.15, -0.1) is 0 Å². The van der Waals surface area contributed by atoms with Gasteiger partial charge in [0, 0.05) is 38.8 Å². The largest absolute Gasteiger partial charge is 0.380 e. The second kappa shape index (κ2) is 4.60. The summed E-state index contributed by atoms with van der Waals surface area (Å²) in [5.41, 5.74) is 0. The first kappa shape index (κ1) is 10.4. The van der Waals surface area contributed by atoms with E-state index < -0.39 is 0 Å². The third-order valence-corrected chi connectivity index (χ3v) is 3.70. The molecule has 0 aromatic rings. The number of nitrogens with zero attached hydrogens (tertiary/aromatic N) is 1. The van der Waals surface area contributed by atoms with E-state index in [-0.39, 0.29) is 0 Å². The second-order valence-corrected chi connectivity index (χ2v) is 4.56. The molecule has 1 saturated carbocycles. The fraction of sp³-hybridized carbons (Fsp3) is 1.00. The van der Waals surface area contributed by atoms with Gasteiger partial charge in [0.15, 0.2) is 0 Å². The van der Waals surface area contributed by atoms with Crippen LogP contribution in [0.4, 0.5) is 0 Å². The van der Waals surface area contributed by atoms with Gasteiger partial charge in [0.1, 0.15) is 0 Å². The van der Waals surface area contributed by atoms with E-state index in [4.69, 9.17) is 4.74 Å². The molecule has 1 aliphatic carbocycles. The Hall–Kier alpha value is -0.120. The molecule has 0 spiro atoms. The van der Waals surface area contributed by atoms with Crippen LogP contribution in [0.3, 0.4) is 0 Å². The number of hydrogen-bond donors (Lipinski definition) is 1. The Labute approximate surface area is 86.8 Å². The topological polar surface area (TPSA) is 24.5 Å². The van der Waals surface area contributed by atoms with Gasteiger partial charge in [-0.2, -0.15) is 0 Å². The number of nitrogens with one attached hydrogen (secondary N) is 1. The molecule has 1 aliphatic heterocycles. The van der Waals surface area contributed by atoms with Crippen LogP contribution in [0.2, 0.25) is 0 Å². The van der Waals surface area contributed by atoms with E-state index in [0.29, 0.717) is 18.2 Å². The number of rotatable bonds is 2. The van der Waals surface area contributed by atoms with Crippen LogP contribution in [0.15, 0.2) is 0 Å². The predicted octanol–water partition coefficient (Wildman–Crippen LogP) is 0.848. The highest BCUT2D eigenvalue weighted by atomic mass is 16.5. The average molecular weight is 198 g/mol. The molecule has 1 saturated heterocycles. The average Bonchev–Trinajstić information content (AvgIpc) is 2.66. The summed E-state index contributed by atoms with van der Waals surface area (Å²) < 4.78 is 5.56. The van der Waals surface area contributed by atoms with Crippen molar-refractivity contribution in [3.8, 4) is 0 Å². The molecule has 2 aliphatic rings. The Balaban J connectivity index is 1.97. The first-order valence-electron chi connectivity index (χ1n) is 5.82. The van der Waals surface area contributed by atoms with Crippen LogP contribution in [0.1, 0.15) is 26.2 Å². The lowest BCUT2D eigenvalue weighted by Gasteiger charge is -2.40. The number of hydrogen-bond acceptors (Lipinski definition) is 3. The molecule has 1 N–H and O–H groups in total. The van der Waals surface area contributed by atoms with Crippen molar-refractivity contribution in [3.05, 3.63) is 0 Å². The van der Waals surface area contributed by atoms with E-state index in [0.717, 1.165) is 13.1 Å². The summed E-state index contributed by atoms with van der Waals surface area (Å²) >= 11 is 0. The number of methoxy groups -OCH3 is 1. The number of ether oxygens (including phenoxy) is 1. The van der Waals surface area contributed by atoms with Gasteiger partial charge >= 0.3 is 0 Å². The highest BCUT2D eigenvalue weighted by Crippen LogP contribution is 2.28. The highest BCUT2D eigenvalue weighted by molar-refractivity contribution is 4.91. The summed E-state index contributed by atoms with van der Waals surface area (Å²) in [5, 5.41) is 3.44. The van der Waals surface area contributed by atoms with E-state index in [9.17, 15) is 0 Å². The molecule has 0 radical (unpaired) electrons. The molecule has 82 valence electrons. The van der Waals surface area contributed by atoms with E-state index >= 15 is 0 Å². The second-order valence-electron chi connectivity index (χ2n) is 4.56. The summed E-state index contributed by atoms with van der Waals surface area (Å²) in [5.74, 6) is 0. The van der Waals surface area contributed by atoms with Crippen LogP contribution >= 0.6 is 0 Å². The van der Waals surface area contributed by atoms with Gasteiger partial charge in [-0.25, -0.2) is 0 Å². The Morgan fingerprint density at radius 1 is 1.36 bits per heavy atom. The Morgan fingerprint density at radius 3 is 2.93 bits per heavy atom. The van der Waals surface area contributed by atoms with Gasteiger partial charge < -0.3 is 10.1 Å². The van der Waals surface area contributed by atoms with Gasteiger partial charge in [0.05, 0.1) is 6.10 Å². The predicted molar refractivity (Wildman–Crippen MR) is 57.5 cm³/mol. The fourth-order valence-electron chi connectivity index (χ4n) is 2.91. The fourth-order valence-corrected chi connectivity index (χ4v) is 2.91. The molecule has 1 heterocycles. The first-order valence-corrected chi connectivity index (χ1v) is 5.82. The summed E-state index contributed by atoms with van der Waals surface area (Å²) in [7, 11) is 1.86. The van der Waals surface area contributed by atoms with Crippen LogP contribution in [-0.2, 0) is 4.74 Å². The van der Waals surface area contributed by atoms with Crippen molar-refractivity contribution in [2.45, 2.75) is 44.4 Å². The lowest BCUT2D eigenvalue weighted by molar-refractivity contribution is 0.00940. The maximum atomic E-state index is 5.56. The highest BCUT2D eigenvalue weighted by Gasteiger charge is 2.35. The van der Waals surface area contributed by atoms with Crippen LogP contribution in [0, 0.1) is 0 Å². The van der Waals surface area contributed by atoms with Crippen molar-refractivity contribution in [1.29, 1.82) is 0 Å². The van der Waals surface area contributed by atoms with Gasteiger partial charge in [-0.3, -0.25) is 4.90 Å². The maximum Gasteiger partial charge on any atom is 0.0726 e. The maximum absolute atomic E-state index is 5.56. The zero-order valence-corrected chi connectivity index (χ0v) is 9.33. The van der Waals surface area contributed by atoms with Gasteiger partial charge in [0.25, 0.3) is 0 Å². The molecule has 0 amide bonds. The smallest absolute Gasteiger partial charge is 0.0726 e. The summed E-state index contributed by atoms with van der Waals surface area (Å²) in [6.07, 6.45) is 4.39. The van der Waals surface area contributed by atoms with Crippen molar-refractivity contribution in [2.75, 3.05) is 26.7 Å². The zero-order chi connectivity index (χ0) is 9.97. The molecular formula is C11H22N2O. The molecule has 3 heteroatoms. The third kappa shape index (κ3) is 1.95. The minimum atomic E-state index is 0.482. The molecule has 0 aromatic carbocycles. The van der Waals surface area contributed by atoms with Crippen molar-refractivity contribution in [3.63, 3.8) is 0 Å². The Kier molecular flexibility index (Phi) is 3.42. The summed E-state index contributed by atoms with van der Waals surface area (Å²) in [6, 6.07) is 1.35. The molecule has 3 atom stereocenters. The van der Waals surface area contributed by atoms with E-state index in [2.05, 4.69) is 17.1 Å². The summed E-state index contributed by atoms with van der Waals surface area (Å²) in [4.78, 5) is 2.64. The monoisotopic (exact) mass is 198 g/mol. The molecule has 0 bridgehead atoms. The molecule has 0 aromatic heterocycles. The van der Waals surface area contributed by atoms with Crippen LogP contribution < -0.4 is 5.32 Å². The van der Waals surface area contributed by atoms with E-state index in [1.165, 1.54) is 25.8 Å². The van der Waals surface area contributed by atoms with Gasteiger partial charge in [-0.05, 0) is 26.2 Å². The lowest BCUT2D eigenvalue weighted by atomic mass is 10.1. The zero-order valence-electron chi connectivity index (χ0n) is 9.33. The summed E-state index contributed by atoms with van der Waals surface area (Å²) in [6.45, 7) is 5.77. The quantitative estimate of drug-likeness (QED) is 0.712.